The van der Waals surface area contributed by atoms with Crippen LogP contribution in [-0.4, -0.2) is 22.2 Å². The number of carbonyl (C=O) groups excluding carboxylic acids is 1. The Balaban J connectivity index is 2.45. The van der Waals surface area contributed by atoms with Gasteiger partial charge in [-0.25, -0.2) is 0 Å². The molecule has 0 bridgehead atoms. The largest absolute Gasteiger partial charge is 0.352 e. The van der Waals surface area contributed by atoms with Gasteiger partial charge in [0.1, 0.15) is 0 Å². The Morgan fingerprint density at radius 1 is 1.62 bits per heavy atom. The van der Waals surface area contributed by atoms with E-state index in [9.17, 15) is 4.79 Å². The zero-order chi connectivity index (χ0) is 12.1. The van der Waals surface area contributed by atoms with Gasteiger partial charge in [-0.15, -0.1) is 0 Å². The van der Waals surface area contributed by atoms with E-state index >= 15 is 0 Å². The van der Waals surface area contributed by atoms with E-state index in [-0.39, 0.29) is 17.7 Å². The quantitative estimate of drug-likeness (QED) is 0.754. The molecule has 3 N–H and O–H groups in total. The summed E-state index contributed by atoms with van der Waals surface area (Å²) in [6, 6.07) is 0. The van der Waals surface area contributed by atoms with Crippen LogP contribution < -0.4 is 11.1 Å². The molecule has 1 aromatic rings. The first-order valence-electron chi connectivity index (χ1n) is 5.50. The Morgan fingerprint density at radius 2 is 2.31 bits per heavy atom. The summed E-state index contributed by atoms with van der Waals surface area (Å²) in [4.78, 5) is 11.8. The summed E-state index contributed by atoms with van der Waals surface area (Å²) in [6.45, 7) is 4.90. The number of hydrogen-bond donors (Lipinski definition) is 2. The van der Waals surface area contributed by atoms with Crippen LogP contribution in [0.25, 0.3) is 0 Å². The van der Waals surface area contributed by atoms with Crippen LogP contribution in [-0.2, 0) is 18.4 Å². The molecule has 5 heteroatoms. The first kappa shape index (κ1) is 12.7. The van der Waals surface area contributed by atoms with Gasteiger partial charge >= 0.3 is 0 Å². The van der Waals surface area contributed by atoms with E-state index in [0.29, 0.717) is 13.1 Å². The SMILES string of the molecule is CC(C)C(CN)C(=O)NCc1cnn(C)c1. The predicted molar refractivity (Wildman–Crippen MR) is 62.4 cm³/mol. The second kappa shape index (κ2) is 5.65. The van der Waals surface area contributed by atoms with Crippen molar-refractivity contribution in [3.05, 3.63) is 18.0 Å². The second-order valence-corrected chi connectivity index (χ2v) is 4.33. The Bertz CT molecular complexity index is 346. The molecule has 0 aliphatic carbocycles. The van der Waals surface area contributed by atoms with E-state index < -0.39 is 0 Å². The fourth-order valence-corrected chi connectivity index (χ4v) is 1.57. The summed E-state index contributed by atoms with van der Waals surface area (Å²) >= 11 is 0. The number of carbonyl (C=O) groups is 1. The van der Waals surface area contributed by atoms with Crippen molar-refractivity contribution >= 4 is 5.91 Å². The second-order valence-electron chi connectivity index (χ2n) is 4.33. The summed E-state index contributed by atoms with van der Waals surface area (Å²) in [6.07, 6.45) is 3.63. The van der Waals surface area contributed by atoms with Crippen molar-refractivity contribution in [1.29, 1.82) is 0 Å². The molecule has 0 saturated heterocycles. The van der Waals surface area contributed by atoms with Gasteiger partial charge < -0.3 is 11.1 Å². The van der Waals surface area contributed by atoms with Crippen molar-refractivity contribution in [3.8, 4) is 0 Å². The van der Waals surface area contributed by atoms with Crippen LogP contribution in [0.3, 0.4) is 0 Å². The first-order valence-corrected chi connectivity index (χ1v) is 5.50. The number of nitrogens with zero attached hydrogens (tertiary/aromatic N) is 2. The molecule has 0 radical (unpaired) electrons. The molecule has 90 valence electrons. The molecule has 0 aliphatic rings. The van der Waals surface area contributed by atoms with Crippen LogP contribution in [0.1, 0.15) is 19.4 Å². The van der Waals surface area contributed by atoms with Crippen LogP contribution >= 0.6 is 0 Å². The van der Waals surface area contributed by atoms with Gasteiger partial charge in [0.2, 0.25) is 5.91 Å². The summed E-state index contributed by atoms with van der Waals surface area (Å²) in [5, 5.41) is 6.91. The van der Waals surface area contributed by atoms with Crippen molar-refractivity contribution in [1.82, 2.24) is 15.1 Å². The number of rotatable bonds is 5. The maximum atomic E-state index is 11.8. The summed E-state index contributed by atoms with van der Waals surface area (Å²) in [5.41, 5.74) is 6.57. The van der Waals surface area contributed by atoms with Crippen LogP contribution in [0, 0.1) is 11.8 Å². The fourth-order valence-electron chi connectivity index (χ4n) is 1.57. The molecule has 0 aromatic carbocycles. The van der Waals surface area contributed by atoms with Gasteiger partial charge in [0.15, 0.2) is 0 Å². The molecule has 1 unspecified atom stereocenters. The zero-order valence-corrected chi connectivity index (χ0v) is 10.1. The number of nitrogens with one attached hydrogen (secondary N) is 1. The van der Waals surface area contributed by atoms with Crippen molar-refractivity contribution < 1.29 is 4.79 Å². The summed E-state index contributed by atoms with van der Waals surface area (Å²) < 4.78 is 1.71. The van der Waals surface area contributed by atoms with Crippen LogP contribution in [0.4, 0.5) is 0 Å². The van der Waals surface area contributed by atoms with E-state index in [2.05, 4.69) is 10.4 Å². The monoisotopic (exact) mass is 224 g/mol. The third-order valence-electron chi connectivity index (χ3n) is 2.62. The molecule has 1 aromatic heterocycles. The van der Waals surface area contributed by atoms with Gasteiger partial charge in [-0.05, 0) is 5.92 Å². The summed E-state index contributed by atoms with van der Waals surface area (Å²) in [5.74, 6) is 0.164. The van der Waals surface area contributed by atoms with E-state index in [1.165, 1.54) is 0 Å². The molecule has 1 rings (SSSR count). The Hall–Kier alpha value is -1.36. The number of nitrogens with two attached hydrogens (primary N) is 1. The third-order valence-corrected chi connectivity index (χ3v) is 2.62. The van der Waals surface area contributed by atoms with E-state index in [1.54, 1.807) is 10.9 Å². The minimum atomic E-state index is -0.114. The lowest BCUT2D eigenvalue weighted by Crippen LogP contribution is -2.37. The van der Waals surface area contributed by atoms with Crippen molar-refractivity contribution in [2.45, 2.75) is 20.4 Å². The van der Waals surface area contributed by atoms with Gasteiger partial charge in [-0.3, -0.25) is 9.48 Å². The first-order chi connectivity index (χ1) is 7.54. The van der Waals surface area contributed by atoms with Crippen LogP contribution in [0.2, 0.25) is 0 Å². The predicted octanol–water partition coefficient (Wildman–Crippen LogP) is 0.267. The van der Waals surface area contributed by atoms with Gasteiger partial charge in [-0.1, -0.05) is 13.8 Å². The Kier molecular flexibility index (Phi) is 4.49. The lowest BCUT2D eigenvalue weighted by molar-refractivity contribution is -0.126. The number of amides is 1. The molecule has 0 saturated carbocycles. The molecular weight excluding hydrogens is 204 g/mol. The minimum absolute atomic E-state index is 0.0151. The molecule has 1 amide bonds. The Morgan fingerprint density at radius 3 is 2.75 bits per heavy atom. The smallest absolute Gasteiger partial charge is 0.224 e. The number of aryl methyl sites for hydroxylation is 1. The summed E-state index contributed by atoms with van der Waals surface area (Å²) in [7, 11) is 1.85. The third kappa shape index (κ3) is 3.34. The van der Waals surface area contributed by atoms with Crippen LogP contribution in [0.15, 0.2) is 12.4 Å². The van der Waals surface area contributed by atoms with E-state index in [0.717, 1.165) is 5.56 Å². The molecule has 1 atom stereocenters. The highest BCUT2D eigenvalue weighted by Gasteiger charge is 2.19. The van der Waals surface area contributed by atoms with E-state index in [4.69, 9.17) is 5.73 Å². The average Bonchev–Trinajstić information content (AvgIpc) is 2.62. The standard InChI is InChI=1S/C11H20N4O/c1-8(2)10(4-12)11(16)13-5-9-6-14-15(3)7-9/h6-8,10H,4-5,12H2,1-3H3,(H,13,16). The molecule has 0 spiro atoms. The Labute approximate surface area is 96.0 Å². The zero-order valence-electron chi connectivity index (χ0n) is 10.1. The molecule has 0 fully saturated rings. The molecule has 1 heterocycles. The fraction of sp³-hybridized carbons (Fsp3) is 0.636. The van der Waals surface area contributed by atoms with E-state index in [1.807, 2.05) is 27.1 Å². The average molecular weight is 224 g/mol. The van der Waals surface area contributed by atoms with Crippen molar-refractivity contribution in [2.75, 3.05) is 6.54 Å². The number of aromatic nitrogens is 2. The topological polar surface area (TPSA) is 72.9 Å². The maximum absolute atomic E-state index is 11.8. The van der Waals surface area contributed by atoms with Crippen LogP contribution in [0.5, 0.6) is 0 Å². The molecule has 0 aliphatic heterocycles. The lowest BCUT2D eigenvalue weighted by atomic mass is 9.95. The van der Waals surface area contributed by atoms with Gasteiger partial charge in [0.25, 0.3) is 0 Å². The van der Waals surface area contributed by atoms with Crippen molar-refractivity contribution in [3.63, 3.8) is 0 Å². The van der Waals surface area contributed by atoms with Gasteiger partial charge in [-0.2, -0.15) is 5.10 Å². The molecular formula is C11H20N4O. The minimum Gasteiger partial charge on any atom is -0.352 e. The van der Waals surface area contributed by atoms with Gasteiger partial charge in [0, 0.05) is 31.9 Å². The van der Waals surface area contributed by atoms with Crippen molar-refractivity contribution in [2.24, 2.45) is 24.6 Å². The highest BCUT2D eigenvalue weighted by atomic mass is 16.1. The number of hydrogen-bond acceptors (Lipinski definition) is 3. The lowest BCUT2D eigenvalue weighted by Gasteiger charge is -2.17. The molecule has 5 nitrogen and oxygen atoms in total. The molecule has 16 heavy (non-hydrogen) atoms. The maximum Gasteiger partial charge on any atom is 0.224 e. The van der Waals surface area contributed by atoms with Gasteiger partial charge in [0.05, 0.1) is 12.1 Å². The highest BCUT2D eigenvalue weighted by molar-refractivity contribution is 5.79. The highest BCUT2D eigenvalue weighted by Crippen LogP contribution is 2.09. The normalized spacial score (nSPS) is 12.8.